The zero-order valence-corrected chi connectivity index (χ0v) is 14.5. The predicted octanol–water partition coefficient (Wildman–Crippen LogP) is 4.46. The first-order chi connectivity index (χ1) is 10.3. The summed E-state index contributed by atoms with van der Waals surface area (Å²) in [6.07, 6.45) is 0.981. The number of aliphatic hydroxyl groups is 1. The van der Waals surface area contributed by atoms with Crippen LogP contribution in [0, 0.1) is 12.3 Å². The van der Waals surface area contributed by atoms with E-state index in [4.69, 9.17) is 0 Å². The first-order valence-electron chi connectivity index (χ1n) is 7.43. The Hall–Kier alpha value is -1.55. The van der Waals surface area contributed by atoms with Crippen LogP contribution in [-0.2, 0) is 10.5 Å². The molecule has 0 heterocycles. The molecule has 0 saturated carbocycles. The maximum atomic E-state index is 12.4. The second-order valence-corrected chi connectivity index (χ2v) is 7.53. The van der Waals surface area contributed by atoms with Crippen molar-refractivity contribution in [3.63, 3.8) is 0 Å². The topological polar surface area (TPSA) is 49.7 Å². The standard InChI is InChI=1S/C18H23NO2S/c1-12-5-7-13(8-6-12)11-22-17(19-4)16-14(20)9-18(2,3)10-15(16)21/h5-8,20H,9-11H2,1-4H3. The lowest BCUT2D eigenvalue weighted by atomic mass is 9.77. The van der Waals surface area contributed by atoms with Crippen LogP contribution >= 0.6 is 11.8 Å². The highest BCUT2D eigenvalue weighted by molar-refractivity contribution is 8.13. The van der Waals surface area contributed by atoms with Crippen LogP contribution in [0.15, 0.2) is 40.6 Å². The quantitative estimate of drug-likeness (QED) is 0.661. The summed E-state index contributed by atoms with van der Waals surface area (Å²) in [4.78, 5) is 16.6. The second-order valence-electron chi connectivity index (χ2n) is 6.57. The summed E-state index contributed by atoms with van der Waals surface area (Å²) in [7, 11) is 1.67. The molecular formula is C18H23NO2S. The molecule has 1 aromatic rings. The van der Waals surface area contributed by atoms with Gasteiger partial charge in [0.2, 0.25) is 0 Å². The van der Waals surface area contributed by atoms with Crippen molar-refractivity contribution in [3.05, 3.63) is 46.7 Å². The fraction of sp³-hybridized carbons (Fsp3) is 0.444. The van der Waals surface area contributed by atoms with Gasteiger partial charge in [-0.05, 0) is 17.9 Å². The molecule has 3 nitrogen and oxygen atoms in total. The van der Waals surface area contributed by atoms with Crippen molar-refractivity contribution < 1.29 is 9.90 Å². The molecule has 0 unspecified atom stereocenters. The Balaban J connectivity index is 2.15. The number of carbonyl (C=O) groups excluding carboxylic acids is 1. The fourth-order valence-electron chi connectivity index (χ4n) is 2.62. The second kappa shape index (κ2) is 6.69. The van der Waals surface area contributed by atoms with Crippen molar-refractivity contribution in [3.8, 4) is 0 Å². The van der Waals surface area contributed by atoms with E-state index in [1.54, 1.807) is 7.05 Å². The molecule has 0 aliphatic heterocycles. The summed E-state index contributed by atoms with van der Waals surface area (Å²) in [5, 5.41) is 10.9. The van der Waals surface area contributed by atoms with Crippen LogP contribution < -0.4 is 0 Å². The van der Waals surface area contributed by atoms with Gasteiger partial charge < -0.3 is 5.11 Å². The minimum absolute atomic E-state index is 0.00856. The van der Waals surface area contributed by atoms with Crippen molar-refractivity contribution in [1.82, 2.24) is 0 Å². The number of hydrogen-bond acceptors (Lipinski definition) is 4. The van der Waals surface area contributed by atoms with E-state index < -0.39 is 0 Å². The van der Waals surface area contributed by atoms with Crippen molar-refractivity contribution in [2.24, 2.45) is 10.4 Å². The lowest BCUT2D eigenvalue weighted by molar-refractivity contribution is -0.117. The number of nitrogens with zero attached hydrogens (tertiary/aromatic N) is 1. The molecule has 0 saturated heterocycles. The van der Waals surface area contributed by atoms with E-state index in [-0.39, 0.29) is 17.0 Å². The molecular weight excluding hydrogens is 294 g/mol. The predicted molar refractivity (Wildman–Crippen MR) is 93.5 cm³/mol. The summed E-state index contributed by atoms with van der Waals surface area (Å²) in [5.41, 5.74) is 2.65. The molecule has 0 radical (unpaired) electrons. The molecule has 1 aliphatic rings. The molecule has 0 aromatic heterocycles. The molecule has 1 aromatic carbocycles. The molecule has 0 amide bonds. The van der Waals surface area contributed by atoms with Gasteiger partial charge in [0, 0.05) is 25.6 Å². The van der Waals surface area contributed by atoms with Gasteiger partial charge in [-0.1, -0.05) is 43.7 Å². The van der Waals surface area contributed by atoms with Gasteiger partial charge in [0.25, 0.3) is 0 Å². The molecule has 0 fully saturated rings. The summed E-state index contributed by atoms with van der Waals surface area (Å²) < 4.78 is 0. The molecule has 0 spiro atoms. The van der Waals surface area contributed by atoms with E-state index >= 15 is 0 Å². The highest BCUT2D eigenvalue weighted by Gasteiger charge is 2.35. The Kier molecular flexibility index (Phi) is 5.12. The van der Waals surface area contributed by atoms with Crippen LogP contribution in [0.25, 0.3) is 0 Å². The highest BCUT2D eigenvalue weighted by Crippen LogP contribution is 2.37. The first kappa shape index (κ1) is 16.8. The van der Waals surface area contributed by atoms with E-state index in [1.807, 2.05) is 13.8 Å². The minimum atomic E-state index is -0.175. The lowest BCUT2D eigenvalue weighted by Gasteiger charge is -2.29. The van der Waals surface area contributed by atoms with Gasteiger partial charge in [-0.25, -0.2) is 0 Å². The van der Waals surface area contributed by atoms with Crippen molar-refractivity contribution >= 4 is 22.6 Å². The van der Waals surface area contributed by atoms with Gasteiger partial charge in [-0.3, -0.25) is 9.79 Å². The number of thioether (sulfide) groups is 1. The number of Topliss-reactive ketones (excluding diaryl/α,β-unsaturated/α-hetero) is 1. The Bertz CT molecular complexity index is 627. The van der Waals surface area contributed by atoms with Crippen LogP contribution in [0.4, 0.5) is 0 Å². The SMILES string of the molecule is CN=C(SCc1ccc(C)cc1)C1=C(O)CC(C)(C)CC1=O. The number of aliphatic hydroxyl groups excluding tert-OH is 1. The molecule has 1 N–H and O–H groups in total. The molecule has 1 aliphatic carbocycles. The number of benzene rings is 1. The maximum absolute atomic E-state index is 12.4. The minimum Gasteiger partial charge on any atom is -0.511 e. The fourth-order valence-corrected chi connectivity index (χ4v) is 3.62. The Morgan fingerprint density at radius 2 is 1.91 bits per heavy atom. The number of rotatable bonds is 3. The number of ketones is 1. The van der Waals surface area contributed by atoms with E-state index in [0.29, 0.717) is 23.5 Å². The van der Waals surface area contributed by atoms with E-state index in [0.717, 1.165) is 5.75 Å². The third-order valence-corrected chi connectivity index (χ3v) is 4.90. The van der Waals surface area contributed by atoms with Crippen LogP contribution in [0.5, 0.6) is 0 Å². The molecule has 22 heavy (non-hydrogen) atoms. The van der Waals surface area contributed by atoms with Crippen LogP contribution in [0.3, 0.4) is 0 Å². The third kappa shape index (κ3) is 4.01. The molecule has 2 rings (SSSR count). The van der Waals surface area contributed by atoms with E-state index in [9.17, 15) is 9.90 Å². The normalized spacial score (nSPS) is 18.7. The smallest absolute Gasteiger partial charge is 0.169 e. The summed E-state index contributed by atoms with van der Waals surface area (Å²) in [6, 6.07) is 8.30. The Morgan fingerprint density at radius 3 is 2.45 bits per heavy atom. The average Bonchev–Trinajstić information content (AvgIpc) is 2.42. The lowest BCUT2D eigenvalue weighted by Crippen LogP contribution is -2.28. The summed E-state index contributed by atoms with van der Waals surface area (Å²) in [6.45, 7) is 6.06. The Labute approximate surface area is 136 Å². The maximum Gasteiger partial charge on any atom is 0.169 e. The first-order valence-corrected chi connectivity index (χ1v) is 8.42. The Morgan fingerprint density at radius 1 is 1.27 bits per heavy atom. The molecule has 0 atom stereocenters. The van der Waals surface area contributed by atoms with E-state index in [1.165, 1.54) is 22.9 Å². The summed E-state index contributed by atoms with van der Waals surface area (Å²) >= 11 is 1.51. The zero-order chi connectivity index (χ0) is 16.3. The highest BCUT2D eigenvalue weighted by atomic mass is 32.2. The monoisotopic (exact) mass is 317 g/mol. The van der Waals surface area contributed by atoms with Gasteiger partial charge >= 0.3 is 0 Å². The zero-order valence-electron chi connectivity index (χ0n) is 13.6. The van der Waals surface area contributed by atoms with Crippen molar-refractivity contribution in [2.75, 3.05) is 7.05 Å². The van der Waals surface area contributed by atoms with Crippen LogP contribution in [0.2, 0.25) is 0 Å². The van der Waals surface area contributed by atoms with Gasteiger partial charge in [0.05, 0.1) is 5.57 Å². The van der Waals surface area contributed by atoms with Gasteiger partial charge in [-0.15, -0.1) is 11.8 Å². The van der Waals surface area contributed by atoms with Gasteiger partial charge in [-0.2, -0.15) is 0 Å². The number of aryl methyl sites for hydroxylation is 1. The molecule has 4 heteroatoms. The average molecular weight is 317 g/mol. The third-order valence-electron chi connectivity index (χ3n) is 3.77. The number of carbonyl (C=O) groups is 1. The largest absolute Gasteiger partial charge is 0.511 e. The van der Waals surface area contributed by atoms with Gasteiger partial charge in [0.15, 0.2) is 5.78 Å². The number of allylic oxidation sites excluding steroid dienone is 1. The van der Waals surface area contributed by atoms with Crippen molar-refractivity contribution in [1.29, 1.82) is 0 Å². The molecule has 118 valence electrons. The van der Waals surface area contributed by atoms with Gasteiger partial charge in [0.1, 0.15) is 10.8 Å². The van der Waals surface area contributed by atoms with Crippen LogP contribution in [0.1, 0.15) is 37.8 Å². The summed E-state index contributed by atoms with van der Waals surface area (Å²) in [5.74, 6) is 0.907. The van der Waals surface area contributed by atoms with Crippen LogP contribution in [-0.4, -0.2) is 23.0 Å². The van der Waals surface area contributed by atoms with Crippen molar-refractivity contribution in [2.45, 2.75) is 39.4 Å². The number of hydrogen-bond donors (Lipinski definition) is 1. The van der Waals surface area contributed by atoms with E-state index in [2.05, 4.69) is 36.2 Å². The molecule has 0 bridgehead atoms. The number of aliphatic imine (C=N–C) groups is 1.